The summed E-state index contributed by atoms with van der Waals surface area (Å²) in [6, 6.07) is 4.57. The minimum Gasteiger partial charge on any atom is -0.481 e. The van der Waals surface area contributed by atoms with E-state index >= 15 is 0 Å². The minimum atomic E-state index is -0.980. The van der Waals surface area contributed by atoms with Gasteiger partial charge in [0.25, 0.3) is 5.91 Å². The molecule has 0 saturated carbocycles. The maximum Gasteiger partial charge on any atom is 0.305 e. The van der Waals surface area contributed by atoms with Crippen LogP contribution in [-0.2, 0) is 9.59 Å². The number of anilines is 1. The van der Waals surface area contributed by atoms with Crippen molar-refractivity contribution in [3.8, 4) is 0 Å². The van der Waals surface area contributed by atoms with Gasteiger partial charge in [0.1, 0.15) is 0 Å². The van der Waals surface area contributed by atoms with Crippen molar-refractivity contribution in [1.82, 2.24) is 5.32 Å². The Hall–Kier alpha value is -2.08. The van der Waals surface area contributed by atoms with Crippen LogP contribution in [0.1, 0.15) is 50.4 Å². The number of carboxylic acids is 1. The number of aliphatic carboxylic acids is 1. The van der Waals surface area contributed by atoms with Gasteiger partial charge in [-0.05, 0) is 31.0 Å². The summed E-state index contributed by atoms with van der Waals surface area (Å²) in [7, 11) is 0. The van der Waals surface area contributed by atoms with Crippen LogP contribution in [0.4, 0.5) is 5.69 Å². The van der Waals surface area contributed by atoms with E-state index in [1.165, 1.54) is 19.1 Å². The highest BCUT2D eigenvalue weighted by molar-refractivity contribution is 6.34. The first-order valence-corrected chi connectivity index (χ1v) is 7.72. The smallest absolute Gasteiger partial charge is 0.305 e. The average molecular weight is 341 g/mol. The molecule has 0 radical (unpaired) electrons. The topological polar surface area (TPSA) is 95.5 Å². The summed E-state index contributed by atoms with van der Waals surface area (Å²) >= 11 is 6.06. The van der Waals surface area contributed by atoms with E-state index in [-0.39, 0.29) is 22.9 Å². The van der Waals surface area contributed by atoms with Gasteiger partial charge in [-0.1, -0.05) is 25.4 Å². The number of carbonyl (C=O) groups is 3. The number of rotatable bonds is 7. The van der Waals surface area contributed by atoms with Crippen LogP contribution in [0.25, 0.3) is 0 Å². The molecule has 126 valence electrons. The highest BCUT2D eigenvalue weighted by Crippen LogP contribution is 2.24. The molecule has 0 spiro atoms. The Labute approximate surface area is 140 Å². The van der Waals surface area contributed by atoms with E-state index in [0.29, 0.717) is 18.5 Å². The van der Waals surface area contributed by atoms with E-state index in [0.717, 1.165) is 0 Å². The number of benzene rings is 1. The molecule has 2 amide bonds. The van der Waals surface area contributed by atoms with Crippen LogP contribution in [0.2, 0.25) is 5.02 Å². The van der Waals surface area contributed by atoms with Crippen LogP contribution < -0.4 is 10.6 Å². The van der Waals surface area contributed by atoms with E-state index in [1.807, 2.05) is 13.8 Å². The lowest BCUT2D eigenvalue weighted by atomic mass is 9.88. The van der Waals surface area contributed by atoms with Crippen molar-refractivity contribution in [2.45, 2.75) is 45.6 Å². The number of amides is 2. The zero-order valence-corrected chi connectivity index (χ0v) is 14.2. The Bertz CT molecular complexity index is 612. The van der Waals surface area contributed by atoms with Gasteiger partial charge in [-0.15, -0.1) is 0 Å². The third-order valence-corrected chi connectivity index (χ3v) is 4.08. The van der Waals surface area contributed by atoms with Gasteiger partial charge in [-0.25, -0.2) is 0 Å². The fourth-order valence-electron chi connectivity index (χ4n) is 2.30. The zero-order chi connectivity index (χ0) is 17.6. The standard InChI is InChI=1S/C16H21ClN2O4/c1-4-16(5-2,9-14(21)22)19-15(23)12-8-11(18-10(3)20)6-7-13(12)17/h6-8H,4-5,9H2,1-3H3,(H,18,20)(H,19,23)(H,21,22). The summed E-state index contributed by atoms with van der Waals surface area (Å²) in [5.41, 5.74) is -0.200. The maximum atomic E-state index is 12.5. The van der Waals surface area contributed by atoms with Crippen molar-refractivity contribution in [3.63, 3.8) is 0 Å². The van der Waals surface area contributed by atoms with Gasteiger partial charge in [0.15, 0.2) is 0 Å². The second kappa shape index (κ2) is 7.97. The molecule has 0 aromatic heterocycles. The highest BCUT2D eigenvalue weighted by Gasteiger charge is 2.31. The fourth-order valence-corrected chi connectivity index (χ4v) is 2.50. The van der Waals surface area contributed by atoms with Crippen LogP contribution in [0, 0.1) is 0 Å². The van der Waals surface area contributed by atoms with Crippen molar-refractivity contribution in [3.05, 3.63) is 28.8 Å². The molecule has 1 aromatic carbocycles. The van der Waals surface area contributed by atoms with Crippen molar-refractivity contribution >= 4 is 35.1 Å². The summed E-state index contributed by atoms with van der Waals surface area (Å²) in [6.45, 7) is 5.00. The number of halogens is 1. The van der Waals surface area contributed by atoms with Gasteiger partial charge in [0, 0.05) is 12.6 Å². The van der Waals surface area contributed by atoms with Crippen molar-refractivity contribution in [2.24, 2.45) is 0 Å². The summed E-state index contributed by atoms with van der Waals surface area (Å²) in [6.07, 6.45) is 0.782. The molecule has 0 heterocycles. The maximum absolute atomic E-state index is 12.5. The van der Waals surface area contributed by atoms with Crippen LogP contribution in [-0.4, -0.2) is 28.4 Å². The Kier molecular flexibility index (Phi) is 6.57. The van der Waals surface area contributed by atoms with Crippen molar-refractivity contribution < 1.29 is 19.5 Å². The molecule has 23 heavy (non-hydrogen) atoms. The van der Waals surface area contributed by atoms with E-state index < -0.39 is 17.4 Å². The van der Waals surface area contributed by atoms with E-state index in [1.54, 1.807) is 6.07 Å². The summed E-state index contributed by atoms with van der Waals surface area (Å²) in [5, 5.41) is 14.7. The van der Waals surface area contributed by atoms with E-state index in [2.05, 4.69) is 10.6 Å². The third-order valence-electron chi connectivity index (χ3n) is 3.75. The van der Waals surface area contributed by atoms with E-state index in [9.17, 15) is 14.4 Å². The molecule has 1 rings (SSSR count). The number of carbonyl (C=O) groups excluding carboxylic acids is 2. The molecule has 0 fully saturated rings. The predicted octanol–water partition coefficient (Wildman–Crippen LogP) is 3.06. The van der Waals surface area contributed by atoms with Gasteiger partial charge in [-0.3, -0.25) is 14.4 Å². The molecular formula is C16H21ClN2O4. The first kappa shape index (κ1) is 19.0. The molecule has 6 nitrogen and oxygen atoms in total. The zero-order valence-electron chi connectivity index (χ0n) is 13.4. The summed E-state index contributed by atoms with van der Waals surface area (Å²) < 4.78 is 0. The second-order valence-electron chi connectivity index (χ2n) is 5.39. The van der Waals surface area contributed by atoms with Crippen LogP contribution >= 0.6 is 11.6 Å². The predicted molar refractivity (Wildman–Crippen MR) is 88.8 cm³/mol. The molecule has 0 unspecified atom stereocenters. The highest BCUT2D eigenvalue weighted by atomic mass is 35.5. The Morgan fingerprint density at radius 1 is 1.22 bits per heavy atom. The fraction of sp³-hybridized carbons (Fsp3) is 0.438. The Morgan fingerprint density at radius 2 is 1.83 bits per heavy atom. The molecule has 0 aliphatic heterocycles. The molecule has 1 aromatic rings. The van der Waals surface area contributed by atoms with Crippen LogP contribution in [0.3, 0.4) is 0 Å². The van der Waals surface area contributed by atoms with Crippen LogP contribution in [0.5, 0.6) is 0 Å². The van der Waals surface area contributed by atoms with Crippen LogP contribution in [0.15, 0.2) is 18.2 Å². The van der Waals surface area contributed by atoms with Gasteiger partial charge >= 0.3 is 5.97 Å². The quantitative estimate of drug-likeness (QED) is 0.710. The summed E-state index contributed by atoms with van der Waals surface area (Å²) in [5.74, 6) is -1.71. The normalized spacial score (nSPS) is 11.0. The SMILES string of the molecule is CCC(CC)(CC(=O)O)NC(=O)c1cc(NC(C)=O)ccc1Cl. The van der Waals surface area contributed by atoms with Crippen molar-refractivity contribution in [1.29, 1.82) is 0 Å². The Balaban J connectivity index is 3.07. The summed E-state index contributed by atoms with van der Waals surface area (Å²) in [4.78, 5) is 34.7. The molecular weight excluding hydrogens is 320 g/mol. The molecule has 0 atom stereocenters. The number of hydrogen-bond acceptors (Lipinski definition) is 3. The van der Waals surface area contributed by atoms with Gasteiger partial charge < -0.3 is 15.7 Å². The average Bonchev–Trinajstić information content (AvgIpc) is 2.47. The minimum absolute atomic E-state index is 0.172. The van der Waals surface area contributed by atoms with E-state index in [4.69, 9.17) is 16.7 Å². The molecule has 0 bridgehead atoms. The largest absolute Gasteiger partial charge is 0.481 e. The number of hydrogen-bond donors (Lipinski definition) is 3. The molecule has 0 saturated heterocycles. The molecule has 7 heteroatoms. The third kappa shape index (κ3) is 5.25. The lowest BCUT2D eigenvalue weighted by molar-refractivity contribution is -0.138. The first-order chi connectivity index (χ1) is 10.7. The van der Waals surface area contributed by atoms with Crippen molar-refractivity contribution in [2.75, 3.05) is 5.32 Å². The molecule has 0 aliphatic rings. The van der Waals surface area contributed by atoms with Gasteiger partial charge in [0.05, 0.1) is 22.5 Å². The lowest BCUT2D eigenvalue weighted by Crippen LogP contribution is -2.49. The monoisotopic (exact) mass is 340 g/mol. The lowest BCUT2D eigenvalue weighted by Gasteiger charge is -2.31. The van der Waals surface area contributed by atoms with Gasteiger partial charge in [-0.2, -0.15) is 0 Å². The number of carboxylic acid groups (broad SMARTS) is 1. The van der Waals surface area contributed by atoms with Gasteiger partial charge in [0.2, 0.25) is 5.91 Å². The Morgan fingerprint density at radius 3 is 2.30 bits per heavy atom. The molecule has 0 aliphatic carbocycles. The first-order valence-electron chi connectivity index (χ1n) is 7.34. The number of nitrogens with one attached hydrogen (secondary N) is 2. The second-order valence-corrected chi connectivity index (χ2v) is 5.80. The molecule has 3 N–H and O–H groups in total.